The van der Waals surface area contributed by atoms with E-state index in [1.165, 1.54) is 59.0 Å². The van der Waals surface area contributed by atoms with Gasteiger partial charge in [-0.2, -0.15) is 0 Å². The molecule has 0 saturated heterocycles. The third kappa shape index (κ3) is 7.13. The Labute approximate surface area is 213 Å². The molecule has 3 rings (SSSR count). The first kappa shape index (κ1) is 25.9. The van der Waals surface area contributed by atoms with E-state index >= 15 is 0 Å². The summed E-state index contributed by atoms with van der Waals surface area (Å²) >= 11 is -1.22. The molecule has 3 aromatic rings. The number of anilines is 1. The first-order valence-electron chi connectivity index (χ1n) is 12.8. The molecule has 33 heavy (non-hydrogen) atoms. The molecule has 0 heterocycles. The Morgan fingerprint density at radius 1 is 0.818 bits per heavy atom. The minimum atomic E-state index is -1.22. The molecule has 4 heteroatoms. The summed E-state index contributed by atoms with van der Waals surface area (Å²) in [6.07, 6.45) is 7.38. The van der Waals surface area contributed by atoms with Crippen LogP contribution in [0.25, 0.3) is 10.8 Å². The van der Waals surface area contributed by atoms with Crippen molar-refractivity contribution in [3.8, 4) is 0 Å². The molecule has 0 saturated carbocycles. The van der Waals surface area contributed by atoms with Gasteiger partial charge in [0.15, 0.2) is 0 Å². The van der Waals surface area contributed by atoms with Crippen LogP contribution in [0.1, 0.15) is 76.6 Å². The average Bonchev–Trinajstić information content (AvgIpc) is 2.86. The van der Waals surface area contributed by atoms with Gasteiger partial charge < -0.3 is 0 Å². The first-order valence-corrected chi connectivity index (χ1v) is 18.7. The van der Waals surface area contributed by atoms with Gasteiger partial charge in [0.05, 0.1) is 0 Å². The Kier molecular flexibility index (Phi) is 10.9. The van der Waals surface area contributed by atoms with Crippen molar-refractivity contribution in [3.05, 3.63) is 77.9 Å². The van der Waals surface area contributed by atoms with Crippen LogP contribution < -0.4 is 8.40 Å². The standard InChI is InChI=1S/C22H24N3.C7H15.Hg/c1-3-9-21(25-22(24-2)16-10-5-4-6-11-16)19-14-15-20(23)18-13-8-7-12-17(18)19;1-3-5-7-6-4-2;/h4-8,10-15,22-24H,3,9H2,1-2H3;7H,3-6H2,1-2H3;/q-1;;+1/b25-21+;;. The second-order valence-electron chi connectivity index (χ2n) is 8.96. The predicted molar refractivity (Wildman–Crippen MR) is 141 cm³/mol. The van der Waals surface area contributed by atoms with E-state index in [1.54, 1.807) is 0 Å². The van der Waals surface area contributed by atoms with Gasteiger partial charge in [0.1, 0.15) is 0 Å². The summed E-state index contributed by atoms with van der Waals surface area (Å²) in [7, 11) is 1.99. The summed E-state index contributed by atoms with van der Waals surface area (Å²) < 4.78 is 4.96. The first-order chi connectivity index (χ1) is 16.2. The zero-order chi connectivity index (χ0) is 23.5. The van der Waals surface area contributed by atoms with Gasteiger partial charge >= 0.3 is 214 Å². The zero-order valence-corrected chi connectivity index (χ0v) is 26.4. The van der Waals surface area contributed by atoms with Crippen molar-refractivity contribution in [2.75, 3.05) is 10.1 Å². The van der Waals surface area contributed by atoms with E-state index < -0.39 is 24.9 Å². The van der Waals surface area contributed by atoms with E-state index in [0.29, 0.717) is 0 Å². The fraction of sp³-hybridized carbons (Fsp3) is 0.414. The van der Waals surface area contributed by atoms with Crippen LogP contribution >= 0.6 is 0 Å². The van der Waals surface area contributed by atoms with E-state index in [2.05, 4.69) is 95.9 Å². The van der Waals surface area contributed by atoms with Gasteiger partial charge in [0.25, 0.3) is 0 Å². The van der Waals surface area contributed by atoms with Gasteiger partial charge in [0, 0.05) is 0 Å². The normalized spacial score (nSPS) is 12.7. The van der Waals surface area contributed by atoms with Crippen LogP contribution in [-0.2, 0) is 24.9 Å². The van der Waals surface area contributed by atoms with Crippen LogP contribution in [0.15, 0.2) is 71.7 Å². The molecule has 0 fully saturated rings. The zero-order valence-electron chi connectivity index (χ0n) is 20.9. The fourth-order valence-electron chi connectivity index (χ4n) is 4.73. The van der Waals surface area contributed by atoms with Crippen LogP contribution in [0.3, 0.4) is 0 Å². The van der Waals surface area contributed by atoms with Crippen molar-refractivity contribution in [2.24, 2.45) is 4.99 Å². The molecular formula is C29H39HgN3. The molecule has 1 unspecified atom stereocenters. The second-order valence-corrected chi connectivity index (χ2v) is 16.4. The van der Waals surface area contributed by atoms with Crippen LogP contribution in [0.5, 0.6) is 0 Å². The number of hydrogen-bond acceptors (Lipinski definition) is 3. The summed E-state index contributed by atoms with van der Waals surface area (Å²) in [6, 6.07) is 24.0. The molecule has 0 aliphatic carbocycles. The quantitative estimate of drug-likeness (QED) is 0.148. The van der Waals surface area contributed by atoms with Gasteiger partial charge in [-0.25, -0.2) is 0 Å². The van der Waals surface area contributed by atoms with Crippen molar-refractivity contribution in [1.82, 2.24) is 5.32 Å². The molecule has 3 aromatic carbocycles. The monoisotopic (exact) mass is 631 g/mol. The molecule has 1 atom stereocenters. The van der Waals surface area contributed by atoms with Crippen LogP contribution in [0.4, 0.5) is 5.69 Å². The third-order valence-corrected chi connectivity index (χ3v) is 14.1. The minimum absolute atomic E-state index is 0.0370. The topological polar surface area (TPSA) is 36.4 Å². The van der Waals surface area contributed by atoms with Gasteiger partial charge in [-0.3, -0.25) is 0 Å². The summed E-state index contributed by atoms with van der Waals surface area (Å²) in [5, 5.41) is 6.05. The SMILES string of the molecule is CCC/C(=N\C(NC)c1ccccc1)c1ccc([NH][Hg][CH](CCC)CCC)c2ccccc12. The van der Waals surface area contributed by atoms with E-state index in [4.69, 9.17) is 4.99 Å². The molecule has 0 spiro atoms. The van der Waals surface area contributed by atoms with Crippen LogP contribution in [0.2, 0.25) is 3.43 Å². The van der Waals surface area contributed by atoms with Crippen molar-refractivity contribution in [1.29, 1.82) is 0 Å². The average molecular weight is 630 g/mol. The van der Waals surface area contributed by atoms with Gasteiger partial charge in [-0.05, 0) is 0 Å². The fourth-order valence-corrected chi connectivity index (χ4v) is 12.7. The van der Waals surface area contributed by atoms with Gasteiger partial charge in [0.2, 0.25) is 0 Å². The number of hydrogen-bond donors (Lipinski definition) is 2. The Hall–Kier alpha value is -1.71. The Balaban J connectivity index is 1.97. The summed E-state index contributed by atoms with van der Waals surface area (Å²) in [4.78, 5) is 5.23. The molecule has 0 aliphatic heterocycles. The van der Waals surface area contributed by atoms with Gasteiger partial charge in [-0.15, -0.1) is 0 Å². The maximum absolute atomic E-state index is 5.23. The molecule has 2 N–H and O–H groups in total. The van der Waals surface area contributed by atoms with Crippen LogP contribution in [0, 0.1) is 0 Å². The molecule has 0 aromatic heterocycles. The van der Waals surface area contributed by atoms with Gasteiger partial charge in [-0.1, -0.05) is 0 Å². The number of benzene rings is 3. The molecule has 0 bridgehead atoms. The number of aliphatic imine (C=N–C) groups is 1. The Morgan fingerprint density at radius 3 is 2.12 bits per heavy atom. The Morgan fingerprint density at radius 2 is 1.48 bits per heavy atom. The van der Waals surface area contributed by atoms with E-state index in [0.717, 1.165) is 16.3 Å². The van der Waals surface area contributed by atoms with Crippen molar-refractivity contribution >= 4 is 22.2 Å². The number of fused-ring (bicyclic) bond motifs is 1. The molecule has 3 nitrogen and oxygen atoms in total. The Bertz CT molecular complexity index is 1010. The van der Waals surface area contributed by atoms with Crippen LogP contribution in [-0.4, -0.2) is 12.8 Å². The molecule has 0 radical (unpaired) electrons. The van der Waals surface area contributed by atoms with Crippen molar-refractivity contribution in [3.63, 3.8) is 0 Å². The number of nitrogens with zero attached hydrogens (tertiary/aromatic N) is 1. The summed E-state index contributed by atoms with van der Waals surface area (Å²) in [5.74, 6) is 0. The third-order valence-electron chi connectivity index (χ3n) is 6.37. The summed E-state index contributed by atoms with van der Waals surface area (Å²) in [6.45, 7) is 6.88. The number of rotatable bonds is 13. The maximum atomic E-state index is 5.23. The summed E-state index contributed by atoms with van der Waals surface area (Å²) in [5.41, 5.74) is 4.98. The van der Waals surface area contributed by atoms with Crippen molar-refractivity contribution < 1.29 is 24.9 Å². The molecule has 0 aliphatic rings. The molecule has 0 amide bonds. The second kappa shape index (κ2) is 13.9. The van der Waals surface area contributed by atoms with E-state index in [9.17, 15) is 0 Å². The predicted octanol–water partition coefficient (Wildman–Crippen LogP) is 8.15. The number of nitrogens with one attached hydrogen (secondary N) is 2. The van der Waals surface area contributed by atoms with E-state index in [-0.39, 0.29) is 6.17 Å². The van der Waals surface area contributed by atoms with E-state index in [1.807, 2.05) is 7.05 Å². The van der Waals surface area contributed by atoms with Crippen molar-refractivity contribution in [2.45, 2.75) is 68.9 Å². The molecule has 172 valence electrons. The molecular weight excluding hydrogens is 591 g/mol.